The van der Waals surface area contributed by atoms with Crippen LogP contribution in [0.5, 0.6) is 0 Å². The zero-order valence-electron chi connectivity index (χ0n) is 14.6. The summed E-state index contributed by atoms with van der Waals surface area (Å²) < 4.78 is 13.1. The van der Waals surface area contributed by atoms with Crippen LogP contribution in [-0.2, 0) is 6.42 Å². The van der Waals surface area contributed by atoms with Crippen molar-refractivity contribution in [3.8, 4) is 0 Å². The van der Waals surface area contributed by atoms with Gasteiger partial charge in [-0.25, -0.2) is 14.4 Å². The molecule has 3 rings (SSSR count). The highest BCUT2D eigenvalue weighted by Crippen LogP contribution is 2.20. The Morgan fingerprint density at radius 1 is 1.32 bits per heavy atom. The summed E-state index contributed by atoms with van der Waals surface area (Å²) in [5, 5.41) is 3.13. The second-order valence-corrected chi connectivity index (χ2v) is 6.59. The maximum Gasteiger partial charge on any atom is 0.270 e. The van der Waals surface area contributed by atoms with Gasteiger partial charge in [0.05, 0.1) is 0 Å². The summed E-state index contributed by atoms with van der Waals surface area (Å²) in [6.07, 6.45) is 4.32. The van der Waals surface area contributed by atoms with Crippen molar-refractivity contribution in [2.75, 3.05) is 13.6 Å². The number of likely N-dealkylation sites (N-methyl/N-ethyl adjacent to an activating group) is 1. The van der Waals surface area contributed by atoms with E-state index in [-0.39, 0.29) is 23.8 Å². The van der Waals surface area contributed by atoms with Crippen molar-refractivity contribution in [3.05, 3.63) is 59.4 Å². The fourth-order valence-corrected chi connectivity index (χ4v) is 3.38. The lowest BCUT2D eigenvalue weighted by Crippen LogP contribution is -2.55. The van der Waals surface area contributed by atoms with Gasteiger partial charge >= 0.3 is 0 Å². The Labute approximate surface area is 147 Å². The number of likely N-dealkylation sites (tertiary alicyclic amines) is 1. The standard InChI is InChI=1S/C19H23FN4O/c1-13-21-10-9-17(22-13)19(25)23-16-4-3-11-24(2)18(16)12-14-5-7-15(20)8-6-14/h5-10,16,18H,3-4,11-12H2,1-2H3,(H,23,25)/t16-,18-/m0/s1. The fraction of sp³-hybridized carbons (Fsp3) is 0.421. The molecule has 1 aliphatic rings. The average Bonchev–Trinajstić information content (AvgIpc) is 2.59. The molecule has 0 saturated carbocycles. The molecule has 0 radical (unpaired) electrons. The Balaban J connectivity index is 1.73. The largest absolute Gasteiger partial charge is 0.346 e. The first kappa shape index (κ1) is 17.5. The molecule has 1 fully saturated rings. The van der Waals surface area contributed by atoms with Crippen LogP contribution in [0.25, 0.3) is 0 Å². The molecule has 132 valence electrons. The fourth-order valence-electron chi connectivity index (χ4n) is 3.38. The highest BCUT2D eigenvalue weighted by molar-refractivity contribution is 5.92. The van der Waals surface area contributed by atoms with Gasteiger partial charge in [0.25, 0.3) is 5.91 Å². The minimum atomic E-state index is -0.232. The van der Waals surface area contributed by atoms with Crippen molar-refractivity contribution in [1.82, 2.24) is 20.2 Å². The van der Waals surface area contributed by atoms with E-state index in [4.69, 9.17) is 0 Å². The van der Waals surface area contributed by atoms with E-state index in [1.54, 1.807) is 19.2 Å². The van der Waals surface area contributed by atoms with E-state index in [1.807, 2.05) is 12.1 Å². The zero-order chi connectivity index (χ0) is 17.8. The smallest absolute Gasteiger partial charge is 0.270 e. The van der Waals surface area contributed by atoms with Gasteiger partial charge in [0.15, 0.2) is 0 Å². The Morgan fingerprint density at radius 3 is 2.80 bits per heavy atom. The third-order valence-corrected chi connectivity index (χ3v) is 4.74. The van der Waals surface area contributed by atoms with Gasteiger partial charge in [-0.1, -0.05) is 12.1 Å². The maximum atomic E-state index is 13.1. The van der Waals surface area contributed by atoms with Crippen LogP contribution in [0.3, 0.4) is 0 Å². The number of carbonyl (C=O) groups is 1. The van der Waals surface area contributed by atoms with E-state index in [1.165, 1.54) is 12.1 Å². The second kappa shape index (κ2) is 7.70. The molecule has 1 aliphatic heterocycles. The summed E-state index contributed by atoms with van der Waals surface area (Å²) >= 11 is 0. The molecule has 0 unspecified atom stereocenters. The first-order valence-corrected chi connectivity index (χ1v) is 8.58. The number of hydrogen-bond acceptors (Lipinski definition) is 4. The summed E-state index contributed by atoms with van der Waals surface area (Å²) in [6, 6.07) is 8.42. The van der Waals surface area contributed by atoms with Crippen molar-refractivity contribution < 1.29 is 9.18 Å². The molecule has 1 aromatic heterocycles. The van der Waals surface area contributed by atoms with E-state index < -0.39 is 0 Å². The van der Waals surface area contributed by atoms with Crippen LogP contribution in [0.4, 0.5) is 4.39 Å². The van der Waals surface area contributed by atoms with Crippen LogP contribution in [0, 0.1) is 12.7 Å². The second-order valence-electron chi connectivity index (χ2n) is 6.59. The molecular weight excluding hydrogens is 319 g/mol. The van der Waals surface area contributed by atoms with Gasteiger partial charge in [-0.2, -0.15) is 0 Å². The van der Waals surface area contributed by atoms with Gasteiger partial charge < -0.3 is 10.2 Å². The number of hydrogen-bond donors (Lipinski definition) is 1. The van der Waals surface area contributed by atoms with Gasteiger partial charge in [-0.3, -0.25) is 4.79 Å². The predicted molar refractivity (Wildman–Crippen MR) is 93.8 cm³/mol. The molecule has 5 nitrogen and oxygen atoms in total. The number of piperidine rings is 1. The van der Waals surface area contributed by atoms with Crippen LogP contribution in [-0.4, -0.2) is 46.5 Å². The summed E-state index contributed by atoms with van der Waals surface area (Å²) in [5.74, 6) is 0.177. The van der Waals surface area contributed by atoms with Gasteiger partial charge in [0.2, 0.25) is 0 Å². The highest BCUT2D eigenvalue weighted by Gasteiger charge is 2.30. The molecule has 6 heteroatoms. The normalized spacial score (nSPS) is 21.1. The van der Waals surface area contributed by atoms with Crippen LogP contribution < -0.4 is 5.32 Å². The van der Waals surface area contributed by atoms with E-state index in [0.29, 0.717) is 11.5 Å². The lowest BCUT2D eigenvalue weighted by atomic mass is 9.91. The molecule has 1 aromatic carbocycles. The molecule has 0 spiro atoms. The van der Waals surface area contributed by atoms with Gasteiger partial charge in [-0.15, -0.1) is 0 Å². The number of aryl methyl sites for hydroxylation is 1. The van der Waals surface area contributed by atoms with Crippen molar-refractivity contribution in [1.29, 1.82) is 0 Å². The Morgan fingerprint density at radius 2 is 2.08 bits per heavy atom. The Bertz CT molecular complexity index is 734. The Hall–Kier alpha value is -2.34. The lowest BCUT2D eigenvalue weighted by Gasteiger charge is -2.39. The minimum absolute atomic E-state index is 0.0339. The number of nitrogens with zero attached hydrogens (tertiary/aromatic N) is 3. The number of amides is 1. The topological polar surface area (TPSA) is 58.1 Å². The average molecular weight is 342 g/mol. The van der Waals surface area contributed by atoms with Crippen molar-refractivity contribution in [3.63, 3.8) is 0 Å². The molecule has 2 atom stereocenters. The molecule has 2 heterocycles. The molecule has 1 N–H and O–H groups in total. The molecule has 1 amide bonds. The maximum absolute atomic E-state index is 13.1. The molecule has 25 heavy (non-hydrogen) atoms. The highest BCUT2D eigenvalue weighted by atomic mass is 19.1. The van der Waals surface area contributed by atoms with Crippen molar-refractivity contribution >= 4 is 5.91 Å². The van der Waals surface area contributed by atoms with E-state index in [9.17, 15) is 9.18 Å². The van der Waals surface area contributed by atoms with E-state index in [2.05, 4.69) is 27.2 Å². The van der Waals surface area contributed by atoms with Gasteiger partial charge in [0, 0.05) is 18.3 Å². The van der Waals surface area contributed by atoms with Gasteiger partial charge in [0.1, 0.15) is 17.3 Å². The first-order chi connectivity index (χ1) is 12.0. The van der Waals surface area contributed by atoms with Crippen molar-refractivity contribution in [2.24, 2.45) is 0 Å². The Kier molecular flexibility index (Phi) is 5.38. The van der Waals surface area contributed by atoms with E-state index >= 15 is 0 Å². The number of aromatic nitrogens is 2. The lowest BCUT2D eigenvalue weighted by molar-refractivity contribution is 0.0846. The number of benzene rings is 1. The molecule has 1 saturated heterocycles. The monoisotopic (exact) mass is 342 g/mol. The molecule has 0 aliphatic carbocycles. The van der Waals surface area contributed by atoms with Crippen LogP contribution in [0.2, 0.25) is 0 Å². The van der Waals surface area contributed by atoms with Crippen LogP contribution in [0.15, 0.2) is 36.5 Å². The van der Waals surface area contributed by atoms with Crippen LogP contribution >= 0.6 is 0 Å². The third kappa shape index (κ3) is 4.39. The van der Waals surface area contributed by atoms with E-state index in [0.717, 1.165) is 31.4 Å². The zero-order valence-corrected chi connectivity index (χ0v) is 14.6. The quantitative estimate of drug-likeness (QED) is 0.927. The minimum Gasteiger partial charge on any atom is -0.346 e. The number of rotatable bonds is 4. The number of nitrogens with one attached hydrogen (secondary N) is 1. The molecular formula is C19H23FN4O. The summed E-state index contributed by atoms with van der Waals surface area (Å²) in [7, 11) is 2.07. The molecule has 2 aromatic rings. The van der Waals surface area contributed by atoms with Crippen molar-refractivity contribution in [2.45, 2.75) is 38.3 Å². The molecule has 0 bridgehead atoms. The van der Waals surface area contributed by atoms with Crippen LogP contribution in [0.1, 0.15) is 34.7 Å². The number of carbonyl (C=O) groups excluding carboxylic acids is 1. The SMILES string of the molecule is Cc1nccc(C(=O)N[C@H]2CCCN(C)[C@H]2Cc2ccc(F)cc2)n1. The third-order valence-electron chi connectivity index (χ3n) is 4.74. The summed E-state index contributed by atoms with van der Waals surface area (Å²) in [4.78, 5) is 23.0. The predicted octanol–water partition coefficient (Wildman–Crippen LogP) is 2.36. The first-order valence-electron chi connectivity index (χ1n) is 8.58. The van der Waals surface area contributed by atoms with Gasteiger partial charge in [-0.05, 0) is 63.5 Å². The number of halogens is 1. The summed E-state index contributed by atoms with van der Waals surface area (Å²) in [5.41, 5.74) is 1.46. The summed E-state index contributed by atoms with van der Waals surface area (Å²) in [6.45, 7) is 2.76.